The maximum Gasteiger partial charge on any atom is 0.269 e. The molecule has 0 aliphatic heterocycles. The molecular weight excluding hydrogens is 330 g/mol. The van der Waals surface area contributed by atoms with Gasteiger partial charge in [-0.05, 0) is 17.7 Å². The molecule has 0 bridgehead atoms. The molecule has 0 fully saturated rings. The monoisotopic (exact) mass is 349 g/mol. The largest absolute Gasteiger partial charge is 0.394 e. The standard InChI is InChI=1S/C15H19N5O5/c16-12(5-10-6-17-8-18-10)15(23)19-13(7-21)14(22)9-1-3-11(4-2-9)20(24)25/h1-4,6,8,12-14,21-22H,5,7,16H2,(H,17,18)(H,19,23)/t12-,13+,14+/m0/s1. The molecule has 0 saturated heterocycles. The Labute approximate surface area is 142 Å². The van der Waals surface area contributed by atoms with Gasteiger partial charge in [0.05, 0.1) is 29.9 Å². The number of nitro groups is 1. The van der Waals surface area contributed by atoms with E-state index in [2.05, 4.69) is 15.3 Å². The van der Waals surface area contributed by atoms with E-state index in [0.29, 0.717) is 11.3 Å². The molecule has 1 aromatic carbocycles. The number of benzene rings is 1. The van der Waals surface area contributed by atoms with Gasteiger partial charge in [0, 0.05) is 30.4 Å². The fourth-order valence-electron chi connectivity index (χ4n) is 2.27. The number of nitrogens with one attached hydrogen (secondary N) is 2. The number of non-ortho nitro benzene ring substituents is 1. The molecule has 1 amide bonds. The first kappa shape index (κ1) is 18.5. The van der Waals surface area contributed by atoms with Crippen molar-refractivity contribution in [3.8, 4) is 0 Å². The van der Waals surface area contributed by atoms with Crippen LogP contribution in [-0.4, -0.2) is 49.7 Å². The molecule has 0 aliphatic rings. The summed E-state index contributed by atoms with van der Waals surface area (Å²) in [4.78, 5) is 28.9. The number of amides is 1. The van der Waals surface area contributed by atoms with Crippen LogP contribution in [0.1, 0.15) is 17.4 Å². The number of hydrogen-bond acceptors (Lipinski definition) is 7. The van der Waals surface area contributed by atoms with Crippen LogP contribution >= 0.6 is 0 Å². The molecule has 25 heavy (non-hydrogen) atoms. The fourth-order valence-corrected chi connectivity index (χ4v) is 2.27. The lowest BCUT2D eigenvalue weighted by Gasteiger charge is -2.24. The first-order valence-corrected chi connectivity index (χ1v) is 7.49. The van der Waals surface area contributed by atoms with Gasteiger partial charge in [-0.15, -0.1) is 0 Å². The Balaban J connectivity index is 2.00. The minimum Gasteiger partial charge on any atom is -0.394 e. The molecule has 10 nitrogen and oxygen atoms in total. The Morgan fingerprint density at radius 3 is 2.60 bits per heavy atom. The van der Waals surface area contributed by atoms with E-state index >= 15 is 0 Å². The zero-order valence-corrected chi connectivity index (χ0v) is 13.2. The van der Waals surface area contributed by atoms with E-state index < -0.39 is 35.6 Å². The van der Waals surface area contributed by atoms with Crippen molar-refractivity contribution < 1.29 is 19.9 Å². The number of carbonyl (C=O) groups excluding carboxylic acids is 1. The van der Waals surface area contributed by atoms with Gasteiger partial charge in [-0.3, -0.25) is 14.9 Å². The van der Waals surface area contributed by atoms with Crippen LogP contribution in [0.15, 0.2) is 36.8 Å². The van der Waals surface area contributed by atoms with Gasteiger partial charge in [-0.25, -0.2) is 4.98 Å². The second kappa shape index (κ2) is 8.33. The molecule has 134 valence electrons. The Morgan fingerprint density at radius 1 is 1.40 bits per heavy atom. The first-order chi connectivity index (χ1) is 11.9. The molecule has 6 N–H and O–H groups in total. The maximum atomic E-state index is 12.1. The Hall–Kier alpha value is -2.82. The predicted molar refractivity (Wildman–Crippen MR) is 87.3 cm³/mol. The molecule has 0 unspecified atom stereocenters. The third kappa shape index (κ3) is 4.83. The normalized spacial score (nSPS) is 14.5. The molecule has 0 spiro atoms. The highest BCUT2D eigenvalue weighted by Gasteiger charge is 2.25. The van der Waals surface area contributed by atoms with E-state index in [1.807, 2.05) is 0 Å². The van der Waals surface area contributed by atoms with E-state index in [4.69, 9.17) is 5.73 Å². The lowest BCUT2D eigenvalue weighted by atomic mass is 10.0. The van der Waals surface area contributed by atoms with Gasteiger partial charge in [-0.2, -0.15) is 0 Å². The zero-order chi connectivity index (χ0) is 18.4. The van der Waals surface area contributed by atoms with Crippen molar-refractivity contribution in [1.82, 2.24) is 15.3 Å². The Kier molecular flexibility index (Phi) is 6.17. The van der Waals surface area contributed by atoms with Gasteiger partial charge >= 0.3 is 0 Å². The van der Waals surface area contributed by atoms with E-state index in [-0.39, 0.29) is 12.1 Å². The molecule has 2 rings (SSSR count). The third-order valence-electron chi connectivity index (χ3n) is 3.68. The summed E-state index contributed by atoms with van der Waals surface area (Å²) in [6.45, 7) is -0.527. The molecular formula is C15H19N5O5. The maximum absolute atomic E-state index is 12.1. The highest BCUT2D eigenvalue weighted by molar-refractivity contribution is 5.82. The minimum absolute atomic E-state index is 0.123. The number of H-pyrrole nitrogens is 1. The Bertz CT molecular complexity index is 704. The van der Waals surface area contributed by atoms with Crippen molar-refractivity contribution in [2.45, 2.75) is 24.6 Å². The smallest absolute Gasteiger partial charge is 0.269 e. The molecule has 1 heterocycles. The quantitative estimate of drug-likeness (QED) is 0.313. The molecule has 2 aromatic rings. The van der Waals surface area contributed by atoms with E-state index in [9.17, 15) is 25.1 Å². The number of hydrogen-bond donors (Lipinski definition) is 5. The van der Waals surface area contributed by atoms with Crippen molar-refractivity contribution in [1.29, 1.82) is 0 Å². The number of nitro benzene ring substituents is 1. The lowest BCUT2D eigenvalue weighted by molar-refractivity contribution is -0.384. The number of nitrogens with two attached hydrogens (primary N) is 1. The molecule has 0 radical (unpaired) electrons. The van der Waals surface area contributed by atoms with Crippen molar-refractivity contribution >= 4 is 11.6 Å². The average Bonchev–Trinajstić information content (AvgIpc) is 3.11. The van der Waals surface area contributed by atoms with Gasteiger partial charge < -0.3 is 26.2 Å². The second-order valence-corrected chi connectivity index (χ2v) is 5.48. The average molecular weight is 349 g/mol. The second-order valence-electron chi connectivity index (χ2n) is 5.48. The molecule has 0 saturated carbocycles. The van der Waals surface area contributed by atoms with Gasteiger partial charge in [0.25, 0.3) is 5.69 Å². The Morgan fingerprint density at radius 2 is 2.08 bits per heavy atom. The van der Waals surface area contributed by atoms with E-state index in [0.717, 1.165) is 0 Å². The van der Waals surface area contributed by atoms with Crippen LogP contribution in [-0.2, 0) is 11.2 Å². The number of carbonyl (C=O) groups is 1. The van der Waals surface area contributed by atoms with Gasteiger partial charge in [-0.1, -0.05) is 0 Å². The fraction of sp³-hybridized carbons (Fsp3) is 0.333. The predicted octanol–water partition coefficient (Wildman–Crippen LogP) is -0.602. The summed E-state index contributed by atoms with van der Waals surface area (Å²) in [6, 6.07) is 3.31. The SMILES string of the molecule is N[C@@H](Cc1cnc[nH]1)C(=O)N[C@H](CO)[C@H](O)c1ccc([N+](=O)[O-])cc1. The highest BCUT2D eigenvalue weighted by Crippen LogP contribution is 2.20. The van der Waals surface area contributed by atoms with Crippen LogP contribution in [0.3, 0.4) is 0 Å². The van der Waals surface area contributed by atoms with Crippen molar-refractivity contribution in [3.63, 3.8) is 0 Å². The number of nitrogens with zero attached hydrogens (tertiary/aromatic N) is 2. The summed E-state index contributed by atoms with van der Waals surface area (Å²) >= 11 is 0. The van der Waals surface area contributed by atoms with Crippen LogP contribution in [0.2, 0.25) is 0 Å². The number of aromatic amines is 1. The van der Waals surface area contributed by atoms with Crippen LogP contribution < -0.4 is 11.1 Å². The van der Waals surface area contributed by atoms with Gasteiger partial charge in [0.1, 0.15) is 6.10 Å². The summed E-state index contributed by atoms with van der Waals surface area (Å²) in [6.07, 6.45) is 1.99. The number of imidazole rings is 1. The topological polar surface area (TPSA) is 167 Å². The van der Waals surface area contributed by atoms with Gasteiger partial charge in [0.2, 0.25) is 5.91 Å². The minimum atomic E-state index is -1.24. The third-order valence-corrected chi connectivity index (χ3v) is 3.68. The van der Waals surface area contributed by atoms with Crippen molar-refractivity contribution in [2.24, 2.45) is 5.73 Å². The van der Waals surface area contributed by atoms with Crippen LogP contribution in [0.5, 0.6) is 0 Å². The van der Waals surface area contributed by atoms with Gasteiger partial charge in [0.15, 0.2) is 0 Å². The number of rotatable bonds is 8. The van der Waals surface area contributed by atoms with E-state index in [1.54, 1.807) is 6.20 Å². The number of aliphatic hydroxyl groups excluding tert-OH is 2. The number of aromatic nitrogens is 2. The van der Waals surface area contributed by atoms with Crippen molar-refractivity contribution in [3.05, 3.63) is 58.2 Å². The molecule has 3 atom stereocenters. The van der Waals surface area contributed by atoms with Crippen LogP contribution in [0.25, 0.3) is 0 Å². The first-order valence-electron chi connectivity index (χ1n) is 7.49. The zero-order valence-electron chi connectivity index (χ0n) is 13.2. The highest BCUT2D eigenvalue weighted by atomic mass is 16.6. The molecule has 0 aliphatic carbocycles. The summed E-state index contributed by atoms with van der Waals surface area (Å²) < 4.78 is 0. The van der Waals surface area contributed by atoms with Crippen molar-refractivity contribution in [2.75, 3.05) is 6.61 Å². The summed E-state index contributed by atoms with van der Waals surface area (Å²) in [5.41, 5.74) is 6.69. The van der Waals surface area contributed by atoms with E-state index in [1.165, 1.54) is 30.6 Å². The summed E-state index contributed by atoms with van der Waals surface area (Å²) in [5, 5.41) is 32.9. The molecule has 1 aromatic heterocycles. The van der Waals surface area contributed by atoms with Crippen LogP contribution in [0, 0.1) is 10.1 Å². The summed E-state index contributed by atoms with van der Waals surface area (Å²) in [5.74, 6) is -0.547. The molecule has 10 heteroatoms. The summed E-state index contributed by atoms with van der Waals surface area (Å²) in [7, 11) is 0. The van der Waals surface area contributed by atoms with Crippen LogP contribution in [0.4, 0.5) is 5.69 Å². The number of aliphatic hydroxyl groups is 2. The lowest BCUT2D eigenvalue weighted by Crippen LogP contribution is -2.49.